The Labute approximate surface area is 108 Å². The van der Waals surface area contributed by atoms with Gasteiger partial charge >= 0.3 is 0 Å². The Morgan fingerprint density at radius 2 is 2.47 bits per heavy atom. The number of rotatable bonds is 7. The van der Waals surface area contributed by atoms with Crippen molar-refractivity contribution in [3.8, 4) is 0 Å². The van der Waals surface area contributed by atoms with Gasteiger partial charge in [-0.15, -0.1) is 0 Å². The summed E-state index contributed by atoms with van der Waals surface area (Å²) in [6.07, 6.45) is 2.20. The van der Waals surface area contributed by atoms with E-state index in [-0.39, 0.29) is 12.1 Å². The predicted octanol–water partition coefficient (Wildman–Crippen LogP) is -0.397. The summed E-state index contributed by atoms with van der Waals surface area (Å²) in [5, 5.41) is 12.7. The van der Waals surface area contributed by atoms with E-state index in [2.05, 4.69) is 26.2 Å². The molecular weight excluding hydrogens is 290 g/mol. The lowest BCUT2D eigenvalue weighted by atomic mass is 10.3. The van der Waals surface area contributed by atoms with Gasteiger partial charge in [-0.05, 0) is 15.9 Å². The first kappa shape index (κ1) is 14.3. The predicted molar refractivity (Wildman–Crippen MR) is 66.9 cm³/mol. The molecule has 7 heteroatoms. The normalized spacial score (nSPS) is 12.6. The molecule has 1 rings (SSSR count). The molecule has 1 aromatic heterocycles. The van der Waals surface area contributed by atoms with Gasteiger partial charge in [0.25, 0.3) is 5.56 Å². The van der Waals surface area contributed by atoms with Crippen LogP contribution in [0.4, 0.5) is 0 Å². The molecule has 0 aliphatic heterocycles. The molecule has 0 spiro atoms. The fraction of sp³-hybridized carbons (Fsp3) is 0.600. The minimum Gasteiger partial charge on any atom is -0.390 e. The van der Waals surface area contributed by atoms with Crippen LogP contribution in [0.25, 0.3) is 0 Å². The first-order chi connectivity index (χ1) is 8.15. The van der Waals surface area contributed by atoms with Gasteiger partial charge in [0.2, 0.25) is 0 Å². The molecule has 0 aromatic carbocycles. The number of hydrogen-bond acceptors (Lipinski definition) is 5. The van der Waals surface area contributed by atoms with Gasteiger partial charge in [-0.1, -0.05) is 0 Å². The molecule has 96 valence electrons. The van der Waals surface area contributed by atoms with Crippen molar-refractivity contribution in [1.82, 2.24) is 14.9 Å². The van der Waals surface area contributed by atoms with E-state index in [0.29, 0.717) is 24.2 Å². The lowest BCUT2D eigenvalue weighted by molar-refractivity contribution is 0.142. The minimum atomic E-state index is -0.638. The highest BCUT2D eigenvalue weighted by Crippen LogP contribution is 1.98. The summed E-state index contributed by atoms with van der Waals surface area (Å²) in [6.45, 7) is 1.87. The monoisotopic (exact) mass is 305 g/mol. The number of halogens is 1. The van der Waals surface area contributed by atoms with Crippen LogP contribution in [0.2, 0.25) is 0 Å². The van der Waals surface area contributed by atoms with Gasteiger partial charge in [0.05, 0.1) is 25.6 Å². The van der Waals surface area contributed by atoms with E-state index < -0.39 is 6.10 Å². The van der Waals surface area contributed by atoms with Crippen LogP contribution in [0.1, 0.15) is 0 Å². The third-order valence-electron chi connectivity index (χ3n) is 2.13. The molecule has 0 saturated heterocycles. The first-order valence-electron chi connectivity index (χ1n) is 5.22. The Kier molecular flexibility index (Phi) is 6.35. The van der Waals surface area contributed by atoms with Crippen LogP contribution in [0.5, 0.6) is 0 Å². The van der Waals surface area contributed by atoms with E-state index in [1.54, 1.807) is 7.11 Å². The molecule has 1 aromatic rings. The molecule has 1 atom stereocenters. The fourth-order valence-electron chi connectivity index (χ4n) is 1.29. The number of methoxy groups -OCH3 is 1. The van der Waals surface area contributed by atoms with Gasteiger partial charge in [0.15, 0.2) is 0 Å². The largest absolute Gasteiger partial charge is 0.390 e. The van der Waals surface area contributed by atoms with Gasteiger partial charge in [0.1, 0.15) is 4.47 Å². The van der Waals surface area contributed by atoms with Crippen molar-refractivity contribution < 1.29 is 9.84 Å². The summed E-state index contributed by atoms with van der Waals surface area (Å²) in [5.41, 5.74) is -0.198. The maximum Gasteiger partial charge on any atom is 0.267 e. The quantitative estimate of drug-likeness (QED) is 0.671. The fourth-order valence-corrected chi connectivity index (χ4v) is 1.63. The van der Waals surface area contributed by atoms with E-state index >= 15 is 0 Å². The molecule has 0 amide bonds. The number of hydrogen-bond donors (Lipinski definition) is 2. The Morgan fingerprint density at radius 3 is 3.18 bits per heavy atom. The summed E-state index contributed by atoms with van der Waals surface area (Å²) in [5.74, 6) is 0. The summed E-state index contributed by atoms with van der Waals surface area (Å²) < 4.78 is 6.62. The zero-order valence-electron chi connectivity index (χ0n) is 9.60. The smallest absolute Gasteiger partial charge is 0.267 e. The molecule has 1 unspecified atom stereocenters. The average molecular weight is 306 g/mol. The van der Waals surface area contributed by atoms with Crippen molar-refractivity contribution in [2.75, 3.05) is 26.8 Å². The van der Waals surface area contributed by atoms with Crippen LogP contribution in [0.15, 0.2) is 21.8 Å². The summed E-state index contributed by atoms with van der Waals surface area (Å²) in [4.78, 5) is 15.5. The average Bonchev–Trinajstić information content (AvgIpc) is 2.31. The third kappa shape index (κ3) is 4.95. The SMILES string of the molecule is COCCNCC(O)Cn1cncc(Br)c1=O. The molecule has 17 heavy (non-hydrogen) atoms. The summed E-state index contributed by atoms with van der Waals surface area (Å²) in [6, 6.07) is 0. The Balaban J connectivity index is 2.42. The van der Waals surface area contributed by atoms with Gasteiger partial charge in [0, 0.05) is 26.4 Å². The van der Waals surface area contributed by atoms with Crippen LogP contribution >= 0.6 is 15.9 Å². The van der Waals surface area contributed by atoms with E-state index in [1.165, 1.54) is 17.1 Å². The van der Waals surface area contributed by atoms with Crippen LogP contribution in [0.3, 0.4) is 0 Å². The van der Waals surface area contributed by atoms with E-state index in [0.717, 1.165) is 0 Å². The van der Waals surface area contributed by atoms with E-state index in [9.17, 15) is 9.90 Å². The molecular formula is C10H16BrN3O3. The first-order valence-corrected chi connectivity index (χ1v) is 6.02. The Hall–Kier alpha value is -0.760. The van der Waals surface area contributed by atoms with Crippen LogP contribution in [-0.4, -0.2) is 47.6 Å². The highest BCUT2D eigenvalue weighted by atomic mass is 79.9. The molecule has 0 saturated carbocycles. The molecule has 0 radical (unpaired) electrons. The molecule has 0 aliphatic carbocycles. The van der Waals surface area contributed by atoms with Gasteiger partial charge in [-0.25, -0.2) is 4.98 Å². The maximum absolute atomic E-state index is 11.6. The Bertz CT molecular complexity index is 397. The van der Waals surface area contributed by atoms with Crippen molar-refractivity contribution in [2.45, 2.75) is 12.6 Å². The number of ether oxygens (including phenoxy) is 1. The number of nitrogens with zero attached hydrogens (tertiary/aromatic N) is 2. The van der Waals surface area contributed by atoms with Gasteiger partial charge < -0.3 is 15.2 Å². The number of aliphatic hydroxyl groups is 1. The van der Waals surface area contributed by atoms with Crippen molar-refractivity contribution in [1.29, 1.82) is 0 Å². The second-order valence-corrected chi connectivity index (χ2v) is 4.40. The second-order valence-electron chi connectivity index (χ2n) is 3.55. The number of aliphatic hydroxyl groups excluding tert-OH is 1. The highest BCUT2D eigenvalue weighted by Gasteiger charge is 2.07. The zero-order chi connectivity index (χ0) is 12.7. The zero-order valence-corrected chi connectivity index (χ0v) is 11.2. The van der Waals surface area contributed by atoms with Crippen LogP contribution < -0.4 is 10.9 Å². The van der Waals surface area contributed by atoms with Crippen LogP contribution in [0, 0.1) is 0 Å². The molecule has 0 bridgehead atoms. The molecule has 0 aliphatic rings. The lowest BCUT2D eigenvalue weighted by Gasteiger charge is -2.13. The number of aromatic nitrogens is 2. The third-order valence-corrected chi connectivity index (χ3v) is 2.67. The molecule has 0 fully saturated rings. The van der Waals surface area contributed by atoms with E-state index in [1.807, 2.05) is 0 Å². The highest BCUT2D eigenvalue weighted by molar-refractivity contribution is 9.10. The van der Waals surface area contributed by atoms with Gasteiger partial charge in [-0.2, -0.15) is 0 Å². The van der Waals surface area contributed by atoms with Gasteiger partial charge in [-0.3, -0.25) is 9.36 Å². The van der Waals surface area contributed by atoms with Crippen molar-refractivity contribution >= 4 is 15.9 Å². The lowest BCUT2D eigenvalue weighted by Crippen LogP contribution is -2.35. The summed E-state index contributed by atoms with van der Waals surface area (Å²) in [7, 11) is 1.62. The molecule has 1 heterocycles. The maximum atomic E-state index is 11.6. The minimum absolute atomic E-state index is 0.198. The van der Waals surface area contributed by atoms with Crippen LogP contribution in [-0.2, 0) is 11.3 Å². The Morgan fingerprint density at radius 1 is 1.71 bits per heavy atom. The standard InChI is InChI=1S/C10H16BrN3O3/c1-17-3-2-12-4-8(15)6-14-7-13-5-9(11)10(14)16/h5,7-8,12,15H,2-4,6H2,1H3. The topological polar surface area (TPSA) is 76.4 Å². The van der Waals surface area contributed by atoms with E-state index in [4.69, 9.17) is 4.74 Å². The molecule has 2 N–H and O–H groups in total. The van der Waals surface area contributed by atoms with Crippen molar-refractivity contribution in [3.63, 3.8) is 0 Å². The summed E-state index contributed by atoms with van der Waals surface area (Å²) >= 11 is 3.10. The van der Waals surface area contributed by atoms with Crippen molar-refractivity contribution in [3.05, 3.63) is 27.4 Å². The van der Waals surface area contributed by atoms with Crippen molar-refractivity contribution in [2.24, 2.45) is 0 Å². The number of nitrogens with one attached hydrogen (secondary N) is 1. The second kappa shape index (κ2) is 7.54. The molecule has 6 nitrogen and oxygen atoms in total.